The Balaban J connectivity index is 1.70. The summed E-state index contributed by atoms with van der Waals surface area (Å²) < 4.78 is 0. The van der Waals surface area contributed by atoms with Crippen LogP contribution >= 0.6 is 23.4 Å². The molecular formula is C30H38ClN7O4S. The molecule has 0 aliphatic heterocycles. The minimum absolute atomic E-state index is 0.0166. The zero-order chi connectivity index (χ0) is 31.7. The van der Waals surface area contributed by atoms with Crippen molar-refractivity contribution in [2.45, 2.75) is 57.4 Å². The summed E-state index contributed by atoms with van der Waals surface area (Å²) in [6.45, 7) is 9.77. The average molecular weight is 628 g/mol. The molecule has 13 heteroatoms. The van der Waals surface area contributed by atoms with Gasteiger partial charge in [-0.3, -0.25) is 9.59 Å². The van der Waals surface area contributed by atoms with Gasteiger partial charge in [0.1, 0.15) is 6.04 Å². The van der Waals surface area contributed by atoms with Crippen molar-refractivity contribution in [3.8, 4) is 0 Å². The van der Waals surface area contributed by atoms with Crippen LogP contribution in [0.1, 0.15) is 54.1 Å². The van der Waals surface area contributed by atoms with Crippen molar-refractivity contribution in [3.63, 3.8) is 0 Å². The normalized spacial score (nSPS) is 11.8. The minimum atomic E-state index is -1.21. The Morgan fingerprint density at radius 2 is 1.77 bits per heavy atom. The van der Waals surface area contributed by atoms with Gasteiger partial charge >= 0.3 is 5.97 Å². The third-order valence-corrected chi connectivity index (χ3v) is 7.35. The van der Waals surface area contributed by atoms with Gasteiger partial charge in [-0.2, -0.15) is 0 Å². The lowest BCUT2D eigenvalue weighted by molar-refractivity contribution is -0.139. The molecule has 0 radical (unpaired) electrons. The molecule has 0 aliphatic rings. The van der Waals surface area contributed by atoms with Gasteiger partial charge in [0, 0.05) is 48.7 Å². The number of carboxylic acid groups (broad SMARTS) is 1. The van der Waals surface area contributed by atoms with Crippen molar-refractivity contribution in [2.24, 2.45) is 0 Å². The van der Waals surface area contributed by atoms with Gasteiger partial charge in [-0.25, -0.2) is 14.8 Å². The number of nitrogens with two attached hydrogens (primary N) is 1. The molecule has 0 saturated heterocycles. The molecule has 2 aromatic carbocycles. The van der Waals surface area contributed by atoms with Crippen LogP contribution in [0.5, 0.6) is 0 Å². The molecule has 0 bridgehead atoms. The number of rotatable bonds is 14. The summed E-state index contributed by atoms with van der Waals surface area (Å²) >= 11 is 7.38. The van der Waals surface area contributed by atoms with Crippen LogP contribution in [0.15, 0.2) is 53.8 Å². The lowest BCUT2D eigenvalue weighted by atomic mass is 10.0. The maximum Gasteiger partial charge on any atom is 0.326 e. The number of thioether (sulfide) groups is 1. The molecule has 0 saturated carbocycles. The molecule has 0 fully saturated rings. The highest BCUT2D eigenvalue weighted by atomic mass is 35.5. The van der Waals surface area contributed by atoms with E-state index in [0.29, 0.717) is 22.4 Å². The Morgan fingerprint density at radius 3 is 2.37 bits per heavy atom. The van der Waals surface area contributed by atoms with Crippen molar-refractivity contribution in [3.05, 3.63) is 70.5 Å². The molecule has 230 valence electrons. The van der Waals surface area contributed by atoms with Crippen molar-refractivity contribution >= 4 is 58.2 Å². The largest absolute Gasteiger partial charge is 0.480 e. The Morgan fingerprint density at radius 1 is 1.07 bits per heavy atom. The third-order valence-electron chi connectivity index (χ3n) is 6.52. The van der Waals surface area contributed by atoms with Crippen LogP contribution in [0.25, 0.3) is 0 Å². The molecule has 1 heterocycles. The maximum absolute atomic E-state index is 13.2. The van der Waals surface area contributed by atoms with Crippen molar-refractivity contribution in [1.82, 2.24) is 20.6 Å². The Kier molecular flexibility index (Phi) is 12.2. The average Bonchev–Trinajstić information content (AvgIpc) is 2.96. The molecule has 43 heavy (non-hydrogen) atoms. The fourth-order valence-corrected chi connectivity index (χ4v) is 4.79. The highest BCUT2D eigenvalue weighted by Gasteiger charge is 2.24. The van der Waals surface area contributed by atoms with Crippen LogP contribution < -0.4 is 26.6 Å². The van der Waals surface area contributed by atoms with E-state index in [-0.39, 0.29) is 34.4 Å². The van der Waals surface area contributed by atoms with Gasteiger partial charge in [0.2, 0.25) is 0 Å². The van der Waals surface area contributed by atoms with E-state index in [1.165, 1.54) is 18.0 Å². The quantitative estimate of drug-likeness (QED) is 0.0988. The zero-order valence-electron chi connectivity index (χ0n) is 24.8. The molecule has 0 aliphatic carbocycles. The van der Waals surface area contributed by atoms with E-state index in [2.05, 4.69) is 58.5 Å². The predicted molar refractivity (Wildman–Crippen MR) is 172 cm³/mol. The number of nitrogens with one attached hydrogen (secondary N) is 3. The topological polar surface area (TPSA) is 163 Å². The Bertz CT molecular complexity index is 1440. The second-order valence-electron chi connectivity index (χ2n) is 10.4. The molecule has 1 aromatic heterocycles. The van der Waals surface area contributed by atoms with Gasteiger partial charge in [-0.1, -0.05) is 49.3 Å². The third kappa shape index (κ3) is 9.57. The van der Waals surface area contributed by atoms with Crippen LogP contribution in [0, 0.1) is 0 Å². The molecule has 0 spiro atoms. The number of nitrogen functional groups attached to an aromatic ring is 1. The molecule has 1 unspecified atom stereocenters. The molecule has 1 atom stereocenters. The number of amides is 2. The Hall–Kier alpha value is -3.87. The lowest BCUT2D eigenvalue weighted by Crippen LogP contribution is -2.42. The second-order valence-corrected chi connectivity index (χ2v) is 11.6. The lowest BCUT2D eigenvalue weighted by Gasteiger charge is -2.30. The molecule has 6 N–H and O–H groups in total. The van der Waals surface area contributed by atoms with E-state index in [0.717, 1.165) is 18.8 Å². The number of anilines is 3. The minimum Gasteiger partial charge on any atom is -0.480 e. The summed E-state index contributed by atoms with van der Waals surface area (Å²) in [5, 5.41) is 19.1. The van der Waals surface area contributed by atoms with Gasteiger partial charge < -0.3 is 31.7 Å². The first-order valence-corrected chi connectivity index (χ1v) is 15.4. The van der Waals surface area contributed by atoms with Crippen LogP contribution in [-0.4, -0.2) is 70.3 Å². The van der Waals surface area contributed by atoms with E-state index in [1.54, 1.807) is 42.7 Å². The van der Waals surface area contributed by atoms with Crippen LogP contribution in [0.3, 0.4) is 0 Å². The Labute approximate surface area is 261 Å². The van der Waals surface area contributed by atoms with Crippen molar-refractivity contribution in [2.75, 3.05) is 35.3 Å². The smallest absolute Gasteiger partial charge is 0.326 e. The summed E-state index contributed by atoms with van der Waals surface area (Å²) in [5.74, 6) is -2.27. The summed E-state index contributed by atoms with van der Waals surface area (Å²) in [6.07, 6.45) is 3.17. The van der Waals surface area contributed by atoms with Gasteiger partial charge in [-0.15, -0.1) is 0 Å². The number of carbonyl (C=O) groups excluding carboxylic acids is 2. The zero-order valence-corrected chi connectivity index (χ0v) is 26.4. The van der Waals surface area contributed by atoms with Crippen molar-refractivity contribution in [1.29, 1.82) is 0 Å². The van der Waals surface area contributed by atoms with E-state index in [4.69, 9.17) is 17.3 Å². The molecular weight excluding hydrogens is 590 g/mol. The maximum atomic E-state index is 13.2. The van der Waals surface area contributed by atoms with E-state index in [9.17, 15) is 19.5 Å². The molecule has 2 amide bonds. The standard InChI is InChI=1S/C30H38ClN7O4S/c1-17(2)33-12-13-38(18(3)4)21-10-11-24(32)22(15-21)27(39)36-25(29(41)42)14-19-6-8-20(9-7-19)35-28(40)26-23(31)16-34-30(37-26)43-5/h6-11,15-18,25,33H,12-14,32H2,1-5H3,(H,35,40)(H,36,39)(H,41,42). The molecule has 3 aromatic rings. The highest BCUT2D eigenvalue weighted by Crippen LogP contribution is 2.24. The molecule has 11 nitrogen and oxygen atoms in total. The van der Waals surface area contributed by atoms with E-state index < -0.39 is 23.8 Å². The number of nitrogens with zero attached hydrogens (tertiary/aromatic N) is 3. The SMILES string of the molecule is CSc1ncc(Cl)c(C(=O)Nc2ccc(CC(NC(=O)c3cc(N(CCNC(C)C)C(C)C)ccc3N)C(=O)O)cc2)n1. The fourth-order valence-electron chi connectivity index (χ4n) is 4.27. The first kappa shape index (κ1) is 33.6. The van der Waals surface area contributed by atoms with Crippen LogP contribution in [0.4, 0.5) is 17.1 Å². The first-order chi connectivity index (χ1) is 20.4. The van der Waals surface area contributed by atoms with Gasteiger partial charge in [0.25, 0.3) is 11.8 Å². The number of halogens is 1. The van der Waals surface area contributed by atoms with Gasteiger partial charge in [-0.05, 0) is 56.0 Å². The van der Waals surface area contributed by atoms with Crippen LogP contribution in [-0.2, 0) is 11.2 Å². The number of hydrogen-bond acceptors (Lipinski definition) is 9. The van der Waals surface area contributed by atoms with Crippen LogP contribution in [0.2, 0.25) is 5.02 Å². The predicted octanol–water partition coefficient (Wildman–Crippen LogP) is 4.32. The van der Waals surface area contributed by atoms with Crippen molar-refractivity contribution < 1.29 is 19.5 Å². The monoisotopic (exact) mass is 627 g/mol. The number of aliphatic carboxylic acids is 1. The molecule has 3 rings (SSSR count). The highest BCUT2D eigenvalue weighted by molar-refractivity contribution is 7.98. The summed E-state index contributed by atoms with van der Waals surface area (Å²) in [5.41, 5.74) is 8.57. The number of benzene rings is 2. The number of aromatic nitrogens is 2. The summed E-state index contributed by atoms with van der Waals surface area (Å²) in [6, 6.07) is 11.1. The van der Waals surface area contributed by atoms with Gasteiger partial charge in [0.05, 0.1) is 16.8 Å². The van der Waals surface area contributed by atoms with E-state index in [1.807, 2.05) is 6.07 Å². The number of carboxylic acids is 1. The van der Waals surface area contributed by atoms with Gasteiger partial charge in [0.15, 0.2) is 10.9 Å². The number of carbonyl (C=O) groups is 3. The second kappa shape index (κ2) is 15.6. The summed E-state index contributed by atoms with van der Waals surface area (Å²) in [4.78, 5) is 48.4. The van der Waals surface area contributed by atoms with E-state index >= 15 is 0 Å². The number of hydrogen-bond donors (Lipinski definition) is 5. The fraction of sp³-hybridized carbons (Fsp3) is 0.367. The first-order valence-electron chi connectivity index (χ1n) is 13.8. The summed E-state index contributed by atoms with van der Waals surface area (Å²) in [7, 11) is 0.